The molecule has 2 aromatic heterocycles. The van der Waals surface area contributed by atoms with Gasteiger partial charge in [0.15, 0.2) is 0 Å². The van der Waals surface area contributed by atoms with Crippen molar-refractivity contribution in [2.45, 2.75) is 38.6 Å². The largest absolute Gasteiger partial charge is 0.342 e. The summed E-state index contributed by atoms with van der Waals surface area (Å²) in [5, 5.41) is 4.80. The third-order valence-electron chi connectivity index (χ3n) is 7.14. The van der Waals surface area contributed by atoms with Gasteiger partial charge >= 0.3 is 0 Å². The van der Waals surface area contributed by atoms with Gasteiger partial charge in [0.05, 0.1) is 6.54 Å². The molecule has 5 rings (SSSR count). The van der Waals surface area contributed by atoms with Crippen LogP contribution in [0.5, 0.6) is 0 Å². The zero-order chi connectivity index (χ0) is 24.7. The maximum atomic E-state index is 13.0. The highest BCUT2D eigenvalue weighted by atomic mass is 16.2. The molecule has 0 saturated carbocycles. The molecule has 2 fully saturated rings. The Balaban J connectivity index is 1.25. The van der Waals surface area contributed by atoms with E-state index in [0.717, 1.165) is 61.2 Å². The molecule has 0 atom stereocenters. The molecule has 0 aliphatic carbocycles. The number of amides is 2. The Morgan fingerprint density at radius 1 is 0.917 bits per heavy atom. The molecule has 2 aliphatic heterocycles. The number of carbonyl (C=O) groups is 2. The summed E-state index contributed by atoms with van der Waals surface area (Å²) in [5.74, 6) is 0.306. The van der Waals surface area contributed by atoms with Gasteiger partial charge in [-0.3, -0.25) is 19.3 Å². The summed E-state index contributed by atoms with van der Waals surface area (Å²) >= 11 is 0. The number of aromatic nitrogens is 3. The second-order valence-electron chi connectivity index (χ2n) is 9.68. The van der Waals surface area contributed by atoms with Crippen LogP contribution in [0.4, 0.5) is 0 Å². The minimum absolute atomic E-state index is 0.0215. The van der Waals surface area contributed by atoms with Gasteiger partial charge in [0, 0.05) is 67.9 Å². The van der Waals surface area contributed by atoms with Crippen molar-refractivity contribution in [1.82, 2.24) is 24.6 Å². The molecule has 1 aromatic carbocycles. The smallest absolute Gasteiger partial charge is 0.246 e. The van der Waals surface area contributed by atoms with Crippen molar-refractivity contribution in [2.24, 2.45) is 5.92 Å². The first kappa shape index (κ1) is 24.0. The predicted octanol–water partition coefficient (Wildman–Crippen LogP) is 4.26. The van der Waals surface area contributed by atoms with Crippen LogP contribution in [0, 0.1) is 5.92 Å². The second kappa shape index (κ2) is 11.3. The van der Waals surface area contributed by atoms with Gasteiger partial charge in [0.2, 0.25) is 11.8 Å². The quantitative estimate of drug-likeness (QED) is 0.491. The van der Waals surface area contributed by atoms with Crippen LogP contribution in [-0.2, 0) is 16.1 Å². The predicted molar refractivity (Wildman–Crippen MR) is 140 cm³/mol. The fourth-order valence-corrected chi connectivity index (χ4v) is 5.12. The van der Waals surface area contributed by atoms with E-state index in [1.54, 1.807) is 18.5 Å². The third-order valence-corrected chi connectivity index (χ3v) is 7.14. The Labute approximate surface area is 212 Å². The lowest BCUT2D eigenvalue weighted by Crippen LogP contribution is -2.45. The molecule has 186 valence electrons. The molecule has 0 spiro atoms. The normalized spacial score (nSPS) is 17.0. The molecule has 0 unspecified atom stereocenters. The lowest BCUT2D eigenvalue weighted by Gasteiger charge is -2.35. The van der Waals surface area contributed by atoms with Gasteiger partial charge in [0.1, 0.15) is 5.69 Å². The van der Waals surface area contributed by atoms with E-state index in [0.29, 0.717) is 19.6 Å². The van der Waals surface area contributed by atoms with Crippen molar-refractivity contribution in [1.29, 1.82) is 0 Å². The fraction of sp³-hybridized carbons (Fsp3) is 0.379. The summed E-state index contributed by atoms with van der Waals surface area (Å²) < 4.78 is 1.90. The molecule has 2 amide bonds. The molecule has 3 aromatic rings. The molecular formula is C29H33N5O2. The zero-order valence-corrected chi connectivity index (χ0v) is 20.6. The van der Waals surface area contributed by atoms with Crippen LogP contribution < -0.4 is 0 Å². The van der Waals surface area contributed by atoms with Crippen LogP contribution in [0.15, 0.2) is 67.1 Å². The van der Waals surface area contributed by atoms with Crippen LogP contribution >= 0.6 is 0 Å². The number of pyridine rings is 1. The zero-order valence-electron chi connectivity index (χ0n) is 20.6. The lowest BCUT2D eigenvalue weighted by molar-refractivity contribution is -0.140. The molecule has 0 bridgehead atoms. The highest BCUT2D eigenvalue weighted by Gasteiger charge is 2.30. The summed E-state index contributed by atoms with van der Waals surface area (Å²) in [6.45, 7) is 3.66. The van der Waals surface area contributed by atoms with E-state index < -0.39 is 0 Å². The molecule has 7 heteroatoms. The van der Waals surface area contributed by atoms with Crippen LogP contribution in [0.2, 0.25) is 0 Å². The first-order valence-corrected chi connectivity index (χ1v) is 12.9. The Kier molecular flexibility index (Phi) is 7.55. The molecule has 7 nitrogen and oxygen atoms in total. The number of benzene rings is 1. The number of hydrogen-bond acceptors (Lipinski definition) is 4. The Bertz CT molecular complexity index is 1190. The van der Waals surface area contributed by atoms with E-state index in [9.17, 15) is 9.59 Å². The van der Waals surface area contributed by atoms with Crippen molar-refractivity contribution in [3.8, 4) is 11.3 Å². The van der Waals surface area contributed by atoms with E-state index in [-0.39, 0.29) is 17.7 Å². The van der Waals surface area contributed by atoms with Gasteiger partial charge in [0.25, 0.3) is 0 Å². The minimum Gasteiger partial charge on any atom is -0.342 e. The molecular weight excluding hydrogens is 450 g/mol. The van der Waals surface area contributed by atoms with Crippen LogP contribution in [0.3, 0.4) is 0 Å². The van der Waals surface area contributed by atoms with Gasteiger partial charge < -0.3 is 9.80 Å². The van der Waals surface area contributed by atoms with Crippen LogP contribution in [0.25, 0.3) is 17.3 Å². The van der Waals surface area contributed by atoms with Gasteiger partial charge in [-0.05, 0) is 55.9 Å². The summed E-state index contributed by atoms with van der Waals surface area (Å²) in [5.41, 5.74) is 3.75. The van der Waals surface area contributed by atoms with Crippen molar-refractivity contribution in [3.63, 3.8) is 0 Å². The standard InChI is InChI=1S/C29H33N5O2/c35-27(32-18-13-24(14-19-32)29(36)33-16-5-2-6-17-33)12-11-26-22-34(21-23-8-3-1-4-9-23)31-28(26)25-10-7-15-30-20-25/h1,3-4,7-12,15,20,22,24H,2,5-6,13-14,16-19,21H2/b12-11+. The van der Waals surface area contributed by atoms with E-state index in [2.05, 4.69) is 17.1 Å². The Morgan fingerprint density at radius 2 is 1.69 bits per heavy atom. The van der Waals surface area contributed by atoms with Gasteiger partial charge in [-0.1, -0.05) is 30.3 Å². The summed E-state index contributed by atoms with van der Waals surface area (Å²) in [6.07, 6.45) is 13.9. The van der Waals surface area contributed by atoms with Gasteiger partial charge in [-0.25, -0.2) is 0 Å². The average Bonchev–Trinajstić information content (AvgIpc) is 3.35. The highest BCUT2D eigenvalue weighted by molar-refractivity contribution is 5.93. The lowest BCUT2D eigenvalue weighted by atomic mass is 9.94. The second-order valence-corrected chi connectivity index (χ2v) is 9.68. The van der Waals surface area contributed by atoms with E-state index in [1.807, 2.05) is 57.1 Å². The van der Waals surface area contributed by atoms with Gasteiger partial charge in [-0.15, -0.1) is 0 Å². The molecule has 0 radical (unpaired) electrons. The number of rotatable bonds is 6. The van der Waals surface area contributed by atoms with Gasteiger partial charge in [-0.2, -0.15) is 5.10 Å². The number of nitrogens with zero attached hydrogens (tertiary/aromatic N) is 5. The summed E-state index contributed by atoms with van der Waals surface area (Å²) in [4.78, 5) is 34.0. The third kappa shape index (κ3) is 5.73. The first-order chi connectivity index (χ1) is 17.7. The fourth-order valence-electron chi connectivity index (χ4n) is 5.12. The van der Waals surface area contributed by atoms with Crippen molar-refractivity contribution in [2.75, 3.05) is 26.2 Å². The Hall–Kier alpha value is -3.74. The highest BCUT2D eigenvalue weighted by Crippen LogP contribution is 2.25. The first-order valence-electron chi connectivity index (χ1n) is 12.9. The van der Waals surface area contributed by atoms with Crippen molar-refractivity contribution in [3.05, 3.63) is 78.3 Å². The monoisotopic (exact) mass is 483 g/mol. The van der Waals surface area contributed by atoms with E-state index >= 15 is 0 Å². The maximum Gasteiger partial charge on any atom is 0.246 e. The van der Waals surface area contributed by atoms with Crippen LogP contribution in [0.1, 0.15) is 43.2 Å². The summed E-state index contributed by atoms with van der Waals surface area (Å²) in [7, 11) is 0. The van der Waals surface area contributed by atoms with Crippen molar-refractivity contribution < 1.29 is 9.59 Å². The van der Waals surface area contributed by atoms with Crippen LogP contribution in [-0.4, -0.2) is 62.6 Å². The summed E-state index contributed by atoms with van der Waals surface area (Å²) in [6, 6.07) is 14.0. The molecule has 4 heterocycles. The number of piperidine rings is 2. The maximum absolute atomic E-state index is 13.0. The Morgan fingerprint density at radius 3 is 2.42 bits per heavy atom. The molecule has 36 heavy (non-hydrogen) atoms. The number of carbonyl (C=O) groups excluding carboxylic acids is 2. The topological polar surface area (TPSA) is 71.3 Å². The van der Waals surface area contributed by atoms with Crippen molar-refractivity contribution >= 4 is 17.9 Å². The molecule has 2 aliphatic rings. The number of likely N-dealkylation sites (tertiary alicyclic amines) is 2. The average molecular weight is 484 g/mol. The number of hydrogen-bond donors (Lipinski definition) is 0. The molecule has 2 saturated heterocycles. The van der Waals surface area contributed by atoms with E-state index in [1.165, 1.54) is 6.42 Å². The van der Waals surface area contributed by atoms with E-state index in [4.69, 9.17) is 5.10 Å². The molecule has 0 N–H and O–H groups in total. The SMILES string of the molecule is O=C(/C=C/c1cn(Cc2ccccc2)nc1-c1cccnc1)N1CCC(C(=O)N2CCCCC2)CC1. The minimum atomic E-state index is -0.0215.